The largest absolute Gasteiger partial charge is 0.411 e. The van der Waals surface area contributed by atoms with E-state index in [2.05, 4.69) is 10.3 Å². The Morgan fingerprint density at radius 1 is 1.50 bits per heavy atom. The first-order valence-corrected chi connectivity index (χ1v) is 1.17. The minimum atomic E-state index is 0.819. The normalized spacial score (nSPS) is 11.3. The highest BCUT2D eigenvalue weighted by atomic mass is 16.4. The maximum Gasteiger partial charge on any atom is 0.154 e. The van der Waals surface area contributed by atoms with Crippen molar-refractivity contribution in [2.45, 2.75) is 0 Å². The summed E-state index contributed by atoms with van der Waals surface area (Å²) in [5.41, 5.74) is 0. The summed E-state index contributed by atoms with van der Waals surface area (Å²) in [5.74, 6) is 0. The van der Waals surface area contributed by atoms with Crippen LogP contribution in [0.4, 0.5) is 0 Å². The first-order valence-electron chi connectivity index (χ1n) is 1.17. The fraction of sp³-hybridized carbons (Fsp3) is 0. The molecule has 2 N–H and O–H groups in total. The number of rotatable bonds is 1. The van der Waals surface area contributed by atoms with Crippen LogP contribution in [0.2, 0.25) is 0 Å². The van der Waals surface area contributed by atoms with Crippen LogP contribution in [0.15, 0.2) is 10.3 Å². The molecule has 0 aliphatic carbocycles. The zero-order valence-electron chi connectivity index (χ0n) is 2.87. The van der Waals surface area contributed by atoms with Gasteiger partial charge in [0.2, 0.25) is 0 Å². The van der Waals surface area contributed by atoms with Gasteiger partial charge in [-0.1, -0.05) is 10.3 Å². The van der Waals surface area contributed by atoms with E-state index in [4.69, 9.17) is 10.4 Å². The lowest BCUT2D eigenvalue weighted by Crippen LogP contribution is -1.70. The Bertz CT molecular complexity index is 57.9. The molecule has 0 heterocycles. The van der Waals surface area contributed by atoms with Crippen molar-refractivity contribution in [3.8, 4) is 0 Å². The van der Waals surface area contributed by atoms with Crippen molar-refractivity contribution in [3.63, 3.8) is 0 Å². The van der Waals surface area contributed by atoms with Gasteiger partial charge >= 0.3 is 0 Å². The third kappa shape index (κ3) is 2.94. The number of nitrogens with zero attached hydrogens (tertiary/aromatic N) is 2. The van der Waals surface area contributed by atoms with E-state index in [1.54, 1.807) is 0 Å². The molecule has 0 amide bonds. The molecule has 1 radical (unpaired) electrons. The molecule has 4 heteroatoms. The van der Waals surface area contributed by atoms with Crippen LogP contribution in [-0.4, -0.2) is 22.8 Å². The van der Waals surface area contributed by atoms with E-state index in [9.17, 15) is 0 Å². The summed E-state index contributed by atoms with van der Waals surface area (Å²) in [4.78, 5) is 0. The molecule has 6 heavy (non-hydrogen) atoms. The molecule has 0 aromatic rings. The Labute approximate surface area is 34.4 Å². The molecule has 0 saturated carbocycles. The van der Waals surface area contributed by atoms with E-state index >= 15 is 0 Å². The number of hydrogen-bond donors (Lipinski definition) is 2. The first-order chi connectivity index (χ1) is 2.91. The van der Waals surface area contributed by atoms with Crippen molar-refractivity contribution >= 4 is 12.4 Å². The van der Waals surface area contributed by atoms with Gasteiger partial charge in [0.05, 0.1) is 6.21 Å². The van der Waals surface area contributed by atoms with Gasteiger partial charge in [0, 0.05) is 0 Å². The van der Waals surface area contributed by atoms with Gasteiger partial charge in [-0.3, -0.25) is 0 Å². The van der Waals surface area contributed by atoms with E-state index in [1.165, 1.54) is 0 Å². The van der Waals surface area contributed by atoms with E-state index in [1.807, 2.05) is 6.21 Å². The second-order valence-electron chi connectivity index (χ2n) is 0.474. The molecule has 0 spiro atoms. The number of hydrogen-bond acceptors (Lipinski definition) is 4. The van der Waals surface area contributed by atoms with Gasteiger partial charge in [0.25, 0.3) is 0 Å². The van der Waals surface area contributed by atoms with E-state index in [-0.39, 0.29) is 0 Å². The Morgan fingerprint density at radius 2 is 2.17 bits per heavy atom. The van der Waals surface area contributed by atoms with Gasteiger partial charge in [-0.05, 0) is 0 Å². The highest BCUT2D eigenvalue weighted by Crippen LogP contribution is 1.45. The topological polar surface area (TPSA) is 65.2 Å². The standard InChI is InChI=1S/C2H3N2O2/c5-3-1-2-4-6/h1,5-6H. The average Bonchev–Trinajstić information content (AvgIpc) is 1.61. The van der Waals surface area contributed by atoms with Gasteiger partial charge < -0.3 is 10.4 Å². The highest BCUT2D eigenvalue weighted by Gasteiger charge is 1.57. The molecule has 0 saturated heterocycles. The summed E-state index contributed by atoms with van der Waals surface area (Å²) >= 11 is 0. The van der Waals surface area contributed by atoms with Crippen LogP contribution in [0.5, 0.6) is 0 Å². The average molecular weight is 87.1 g/mol. The SMILES string of the molecule is ON=C/[C]=N/O. The van der Waals surface area contributed by atoms with Crippen LogP contribution in [-0.2, 0) is 0 Å². The molecule has 33 valence electrons. The van der Waals surface area contributed by atoms with E-state index in [0.717, 1.165) is 6.21 Å². The monoisotopic (exact) mass is 87.0 g/mol. The van der Waals surface area contributed by atoms with Crippen LogP contribution in [0.1, 0.15) is 0 Å². The minimum Gasteiger partial charge on any atom is -0.411 e. The van der Waals surface area contributed by atoms with Gasteiger partial charge in [-0.15, -0.1) is 0 Å². The second kappa shape index (κ2) is 3.94. The van der Waals surface area contributed by atoms with Crippen LogP contribution < -0.4 is 0 Å². The van der Waals surface area contributed by atoms with Gasteiger partial charge in [0.1, 0.15) is 0 Å². The molecule has 4 nitrogen and oxygen atoms in total. The molecular formula is C2H3N2O2. The van der Waals surface area contributed by atoms with Crippen LogP contribution in [0.3, 0.4) is 0 Å². The summed E-state index contributed by atoms with van der Waals surface area (Å²) in [5, 5.41) is 19.8. The fourth-order valence-corrected chi connectivity index (χ4v) is 0.0516. The third-order valence-corrected chi connectivity index (χ3v) is 0.173. The number of oxime groups is 1. The molecule has 0 bridgehead atoms. The van der Waals surface area contributed by atoms with Crippen molar-refractivity contribution in [2.75, 3.05) is 0 Å². The second-order valence-corrected chi connectivity index (χ2v) is 0.474. The van der Waals surface area contributed by atoms with E-state index in [0.29, 0.717) is 0 Å². The molecule has 0 aromatic heterocycles. The van der Waals surface area contributed by atoms with Crippen molar-refractivity contribution in [2.24, 2.45) is 10.3 Å². The molecular weight excluding hydrogens is 84.0 g/mol. The Kier molecular flexibility index (Phi) is 3.24. The highest BCUT2D eigenvalue weighted by molar-refractivity contribution is 6.15. The zero-order valence-corrected chi connectivity index (χ0v) is 2.87. The lowest BCUT2D eigenvalue weighted by atomic mass is 10.8. The molecule has 0 aliphatic heterocycles. The molecule has 0 aromatic carbocycles. The molecule has 0 unspecified atom stereocenters. The summed E-state index contributed by atoms with van der Waals surface area (Å²) in [7, 11) is 0. The summed E-state index contributed by atoms with van der Waals surface area (Å²) in [6, 6.07) is 0. The van der Waals surface area contributed by atoms with Gasteiger partial charge in [-0.25, -0.2) is 0 Å². The summed E-state index contributed by atoms with van der Waals surface area (Å²) in [6.07, 6.45) is 2.66. The van der Waals surface area contributed by atoms with E-state index < -0.39 is 0 Å². The lowest BCUT2D eigenvalue weighted by molar-refractivity contribution is 0.317. The predicted molar refractivity (Wildman–Crippen MR) is 19.5 cm³/mol. The van der Waals surface area contributed by atoms with Crippen molar-refractivity contribution < 1.29 is 10.4 Å². The van der Waals surface area contributed by atoms with Gasteiger partial charge in [-0.2, -0.15) is 0 Å². The molecule has 0 atom stereocenters. The Morgan fingerprint density at radius 3 is 2.33 bits per heavy atom. The smallest absolute Gasteiger partial charge is 0.154 e. The molecule has 0 rings (SSSR count). The maximum absolute atomic E-state index is 7.53. The van der Waals surface area contributed by atoms with Gasteiger partial charge in [0.15, 0.2) is 6.21 Å². The molecule has 0 aliphatic rings. The van der Waals surface area contributed by atoms with Crippen molar-refractivity contribution in [3.05, 3.63) is 0 Å². The minimum absolute atomic E-state index is 0.819. The summed E-state index contributed by atoms with van der Waals surface area (Å²) < 4.78 is 0. The molecule has 0 fully saturated rings. The summed E-state index contributed by atoms with van der Waals surface area (Å²) in [6.45, 7) is 0. The van der Waals surface area contributed by atoms with Crippen molar-refractivity contribution in [1.82, 2.24) is 0 Å². The van der Waals surface area contributed by atoms with Crippen LogP contribution >= 0.6 is 0 Å². The fourth-order valence-electron chi connectivity index (χ4n) is 0.0516. The maximum atomic E-state index is 7.53. The zero-order chi connectivity index (χ0) is 4.83. The van der Waals surface area contributed by atoms with Crippen LogP contribution in [0, 0.1) is 0 Å². The Balaban J connectivity index is 3.07. The lowest BCUT2D eigenvalue weighted by Gasteiger charge is -1.61. The first kappa shape index (κ1) is 4.94. The quantitative estimate of drug-likeness (QED) is 0.264. The van der Waals surface area contributed by atoms with Crippen molar-refractivity contribution in [1.29, 1.82) is 0 Å². The predicted octanol–water partition coefficient (Wildman–Crippen LogP) is -0.217. The third-order valence-electron chi connectivity index (χ3n) is 0.173. The van der Waals surface area contributed by atoms with Crippen LogP contribution in [0.25, 0.3) is 0 Å². The Hall–Kier alpha value is -1.06.